The van der Waals surface area contributed by atoms with Crippen LogP contribution in [0.5, 0.6) is 0 Å². The number of aliphatic hydroxyl groups excluding tert-OH is 1. The van der Waals surface area contributed by atoms with Crippen LogP contribution in [0, 0.1) is 10.1 Å². The molecule has 1 aromatic carbocycles. The van der Waals surface area contributed by atoms with E-state index in [1.54, 1.807) is 12.1 Å². The predicted octanol–water partition coefficient (Wildman–Crippen LogP) is 1.22. The van der Waals surface area contributed by atoms with Crippen LogP contribution in [0.2, 0.25) is 0 Å². The number of alkyl halides is 1. The van der Waals surface area contributed by atoms with Crippen molar-refractivity contribution in [1.29, 1.82) is 0 Å². The minimum atomic E-state index is -0.777. The summed E-state index contributed by atoms with van der Waals surface area (Å²) in [6, 6.07) is 9.02. The lowest BCUT2D eigenvalue weighted by atomic mass is 10.1. The quantitative estimate of drug-likeness (QED) is 0.259. The number of aliphatic imine (C=N–C) groups is 1. The monoisotopic (exact) mass is 285 g/mol. The minimum Gasteiger partial charge on any atom is -0.386 e. The number of rotatable bonds is 7. The van der Waals surface area contributed by atoms with Crippen LogP contribution in [-0.4, -0.2) is 41.4 Å². The molecule has 0 amide bonds. The van der Waals surface area contributed by atoms with Crippen LogP contribution in [0.25, 0.3) is 0 Å². The molecular weight excluding hydrogens is 270 g/mol. The maximum atomic E-state index is 10.5. The van der Waals surface area contributed by atoms with Gasteiger partial charge in [0.05, 0.1) is 12.6 Å². The summed E-state index contributed by atoms with van der Waals surface area (Å²) in [5.74, 6) is 0.554. The van der Waals surface area contributed by atoms with E-state index in [9.17, 15) is 15.2 Å². The van der Waals surface area contributed by atoms with E-state index in [-0.39, 0.29) is 12.4 Å². The van der Waals surface area contributed by atoms with Crippen molar-refractivity contribution in [3.63, 3.8) is 0 Å². The Balaban J connectivity index is 2.60. The molecule has 0 spiro atoms. The number of nitrogens with zero attached hydrogens (tertiary/aromatic N) is 2. The van der Waals surface area contributed by atoms with Crippen molar-refractivity contribution in [2.45, 2.75) is 6.10 Å². The molecular formula is C12H16ClN3O3. The van der Waals surface area contributed by atoms with Gasteiger partial charge in [-0.05, 0) is 5.56 Å². The fourth-order valence-corrected chi connectivity index (χ4v) is 1.55. The molecule has 0 aliphatic rings. The molecule has 1 aromatic rings. The maximum absolute atomic E-state index is 10.5. The van der Waals surface area contributed by atoms with Crippen LogP contribution in [0.1, 0.15) is 11.7 Å². The molecule has 0 bridgehead atoms. The molecule has 0 aliphatic heterocycles. The van der Waals surface area contributed by atoms with Gasteiger partial charge >= 0.3 is 0 Å². The normalized spacial score (nSPS) is 13.1. The number of hydrogen-bond donors (Lipinski definition) is 2. The van der Waals surface area contributed by atoms with Crippen molar-refractivity contribution < 1.29 is 10.0 Å². The van der Waals surface area contributed by atoms with Crippen molar-refractivity contribution in [2.24, 2.45) is 4.99 Å². The second kappa shape index (κ2) is 8.44. The molecule has 0 saturated carbocycles. The van der Waals surface area contributed by atoms with Crippen LogP contribution in [0.3, 0.4) is 0 Å². The van der Waals surface area contributed by atoms with Gasteiger partial charge in [0, 0.05) is 17.3 Å². The van der Waals surface area contributed by atoms with Gasteiger partial charge in [0.2, 0.25) is 0 Å². The summed E-state index contributed by atoms with van der Waals surface area (Å²) in [6.45, 7) is 0.0660. The second-order valence-corrected chi connectivity index (χ2v) is 4.20. The van der Waals surface area contributed by atoms with Crippen molar-refractivity contribution in [2.75, 3.05) is 25.5 Å². The van der Waals surface area contributed by atoms with E-state index < -0.39 is 17.6 Å². The highest BCUT2D eigenvalue weighted by atomic mass is 35.5. The molecule has 19 heavy (non-hydrogen) atoms. The lowest BCUT2D eigenvalue weighted by molar-refractivity contribution is -0.463. The number of amidine groups is 1. The van der Waals surface area contributed by atoms with Gasteiger partial charge in [0.25, 0.3) is 6.54 Å². The zero-order valence-corrected chi connectivity index (χ0v) is 11.1. The SMILES string of the molecule is O=[N+]([O-])CC(=NCC(O)c1ccccc1)NCCCl. The van der Waals surface area contributed by atoms with Crippen molar-refractivity contribution >= 4 is 17.4 Å². The molecule has 1 rings (SSSR count). The molecule has 0 heterocycles. The number of hydrogen-bond acceptors (Lipinski definition) is 4. The predicted molar refractivity (Wildman–Crippen MR) is 74.3 cm³/mol. The van der Waals surface area contributed by atoms with Gasteiger partial charge in [-0.2, -0.15) is 0 Å². The van der Waals surface area contributed by atoms with E-state index in [2.05, 4.69) is 10.3 Å². The molecule has 0 saturated heterocycles. The molecule has 0 fully saturated rings. The first-order chi connectivity index (χ1) is 9.13. The van der Waals surface area contributed by atoms with Crippen LogP contribution in [-0.2, 0) is 0 Å². The summed E-state index contributed by atoms with van der Waals surface area (Å²) in [7, 11) is 0. The first-order valence-corrected chi connectivity index (χ1v) is 6.35. The first-order valence-electron chi connectivity index (χ1n) is 5.81. The highest BCUT2D eigenvalue weighted by molar-refractivity contribution is 6.18. The van der Waals surface area contributed by atoms with Gasteiger partial charge in [0.1, 0.15) is 0 Å². The van der Waals surface area contributed by atoms with E-state index in [1.807, 2.05) is 18.2 Å². The highest BCUT2D eigenvalue weighted by Crippen LogP contribution is 2.11. The van der Waals surface area contributed by atoms with Crippen LogP contribution >= 0.6 is 11.6 Å². The summed E-state index contributed by atoms with van der Waals surface area (Å²) in [6.07, 6.45) is -0.777. The second-order valence-electron chi connectivity index (χ2n) is 3.82. The van der Waals surface area contributed by atoms with Gasteiger partial charge in [-0.1, -0.05) is 30.3 Å². The standard InChI is InChI=1S/C12H16ClN3O3/c13-6-7-14-12(9-16(18)19)15-8-11(17)10-4-2-1-3-5-10/h1-5,11,17H,6-9H2,(H,14,15). The Morgan fingerprint density at radius 3 is 2.74 bits per heavy atom. The van der Waals surface area contributed by atoms with E-state index in [4.69, 9.17) is 11.6 Å². The Labute approximate surface area is 116 Å². The average molecular weight is 286 g/mol. The lowest BCUT2D eigenvalue weighted by Crippen LogP contribution is -2.32. The number of nitrogens with one attached hydrogen (secondary N) is 1. The molecule has 1 unspecified atom stereocenters. The first kappa shape index (κ1) is 15.4. The number of aliphatic hydroxyl groups is 1. The topological polar surface area (TPSA) is 87.8 Å². The summed E-state index contributed by atoms with van der Waals surface area (Å²) in [4.78, 5) is 14.0. The van der Waals surface area contributed by atoms with Crippen molar-refractivity contribution in [1.82, 2.24) is 5.32 Å². The lowest BCUT2D eigenvalue weighted by Gasteiger charge is -2.09. The number of nitro groups is 1. The Bertz CT molecular complexity index is 425. The third-order valence-corrected chi connectivity index (χ3v) is 2.53. The maximum Gasteiger partial charge on any atom is 0.259 e. The average Bonchev–Trinajstić information content (AvgIpc) is 2.42. The van der Waals surface area contributed by atoms with Gasteiger partial charge in [-0.3, -0.25) is 15.1 Å². The van der Waals surface area contributed by atoms with E-state index in [0.717, 1.165) is 5.56 Å². The Kier molecular flexibility index (Phi) is 6.84. The Morgan fingerprint density at radius 1 is 1.47 bits per heavy atom. The molecule has 6 nitrogen and oxygen atoms in total. The molecule has 0 radical (unpaired) electrons. The molecule has 0 aliphatic carbocycles. The minimum absolute atomic E-state index is 0.0719. The number of benzene rings is 1. The summed E-state index contributed by atoms with van der Waals surface area (Å²) in [5.41, 5.74) is 0.726. The summed E-state index contributed by atoms with van der Waals surface area (Å²) < 4.78 is 0. The fourth-order valence-electron chi connectivity index (χ4n) is 1.45. The molecule has 7 heteroatoms. The van der Waals surface area contributed by atoms with Crippen molar-refractivity contribution in [3.8, 4) is 0 Å². The Hall–Kier alpha value is -1.66. The third-order valence-electron chi connectivity index (χ3n) is 2.34. The van der Waals surface area contributed by atoms with Gasteiger partial charge in [-0.15, -0.1) is 11.6 Å². The van der Waals surface area contributed by atoms with Gasteiger partial charge in [-0.25, -0.2) is 0 Å². The molecule has 104 valence electrons. The zero-order chi connectivity index (χ0) is 14.1. The number of halogens is 1. The highest BCUT2D eigenvalue weighted by Gasteiger charge is 2.10. The van der Waals surface area contributed by atoms with E-state index >= 15 is 0 Å². The zero-order valence-electron chi connectivity index (χ0n) is 10.3. The molecule has 1 atom stereocenters. The van der Waals surface area contributed by atoms with E-state index in [0.29, 0.717) is 12.4 Å². The summed E-state index contributed by atoms with van der Waals surface area (Å²) >= 11 is 5.50. The van der Waals surface area contributed by atoms with Crippen LogP contribution < -0.4 is 5.32 Å². The third kappa shape index (κ3) is 6.17. The van der Waals surface area contributed by atoms with Gasteiger partial charge in [0.15, 0.2) is 5.84 Å². The fraction of sp³-hybridized carbons (Fsp3) is 0.417. The van der Waals surface area contributed by atoms with E-state index in [1.165, 1.54) is 0 Å². The van der Waals surface area contributed by atoms with Gasteiger partial charge < -0.3 is 10.4 Å². The molecule has 2 N–H and O–H groups in total. The Morgan fingerprint density at radius 2 is 2.16 bits per heavy atom. The van der Waals surface area contributed by atoms with Crippen LogP contribution in [0.4, 0.5) is 0 Å². The largest absolute Gasteiger partial charge is 0.386 e. The van der Waals surface area contributed by atoms with Crippen LogP contribution in [0.15, 0.2) is 35.3 Å². The smallest absolute Gasteiger partial charge is 0.259 e. The molecule has 0 aromatic heterocycles. The van der Waals surface area contributed by atoms with Crippen molar-refractivity contribution in [3.05, 3.63) is 46.0 Å². The summed E-state index contributed by atoms with van der Waals surface area (Å²) in [5, 5.41) is 23.1.